The number of rotatable bonds is 3. The fraction of sp³-hybridized carbons (Fsp3) is 0.500. The summed E-state index contributed by atoms with van der Waals surface area (Å²) in [6, 6.07) is 2.08. The van der Waals surface area contributed by atoms with Crippen molar-refractivity contribution < 1.29 is 0 Å². The van der Waals surface area contributed by atoms with E-state index in [1.54, 1.807) is 18.0 Å². The fourth-order valence-electron chi connectivity index (χ4n) is 0.701. The Morgan fingerprint density at radius 3 is 3.00 bits per heavy atom. The Morgan fingerprint density at radius 2 is 2.42 bits per heavy atom. The van der Waals surface area contributed by atoms with Gasteiger partial charge in [-0.2, -0.15) is 0 Å². The molecule has 0 spiro atoms. The molecule has 0 fully saturated rings. The number of hydrogen-bond acceptors (Lipinski definition) is 4. The first kappa shape index (κ1) is 9.48. The van der Waals surface area contributed by atoms with Gasteiger partial charge in [0.15, 0.2) is 5.16 Å². The standard InChI is InChI=1S/C8H13N3S/c1-6(9)5-12-8-10-4-3-7(2)11-8/h3-4,6H,5,9H2,1-2H3/t6-/m1/s1. The third-order valence-electron chi connectivity index (χ3n) is 1.25. The minimum atomic E-state index is 0.194. The molecule has 0 aliphatic heterocycles. The van der Waals surface area contributed by atoms with E-state index < -0.39 is 0 Å². The predicted octanol–water partition coefficient (Wildman–Crippen LogP) is 1.22. The van der Waals surface area contributed by atoms with Gasteiger partial charge < -0.3 is 5.73 Å². The molecule has 1 atom stereocenters. The van der Waals surface area contributed by atoms with Crippen LogP contribution in [0.3, 0.4) is 0 Å². The van der Waals surface area contributed by atoms with Gasteiger partial charge in [-0.1, -0.05) is 11.8 Å². The van der Waals surface area contributed by atoms with E-state index >= 15 is 0 Å². The molecule has 0 unspecified atom stereocenters. The molecular formula is C8H13N3S. The first-order valence-corrected chi connectivity index (χ1v) is 4.85. The van der Waals surface area contributed by atoms with Crippen molar-refractivity contribution in [2.45, 2.75) is 25.0 Å². The summed E-state index contributed by atoms with van der Waals surface area (Å²) in [4.78, 5) is 8.35. The Kier molecular flexibility index (Phi) is 3.49. The van der Waals surface area contributed by atoms with Crippen LogP contribution >= 0.6 is 11.8 Å². The molecule has 0 bridgehead atoms. The highest BCUT2D eigenvalue weighted by atomic mass is 32.2. The SMILES string of the molecule is Cc1ccnc(SC[C@@H](C)N)n1. The molecule has 1 aromatic rings. The largest absolute Gasteiger partial charge is 0.327 e. The lowest BCUT2D eigenvalue weighted by Gasteiger charge is -2.02. The quantitative estimate of drug-likeness (QED) is 0.565. The van der Waals surface area contributed by atoms with Crippen molar-refractivity contribution in [2.75, 3.05) is 5.75 Å². The van der Waals surface area contributed by atoms with Crippen LogP contribution in [0.1, 0.15) is 12.6 Å². The fourth-order valence-corrected chi connectivity index (χ4v) is 1.46. The molecule has 66 valence electrons. The van der Waals surface area contributed by atoms with Gasteiger partial charge in [0.1, 0.15) is 0 Å². The minimum absolute atomic E-state index is 0.194. The normalized spacial score (nSPS) is 12.9. The highest BCUT2D eigenvalue weighted by Gasteiger charge is 1.99. The molecule has 1 heterocycles. The Hall–Kier alpha value is -0.610. The van der Waals surface area contributed by atoms with Crippen molar-refractivity contribution >= 4 is 11.8 Å². The molecule has 0 amide bonds. The van der Waals surface area contributed by atoms with Crippen LogP contribution in [0, 0.1) is 6.92 Å². The summed E-state index contributed by atoms with van der Waals surface area (Å²) in [6.07, 6.45) is 1.77. The van der Waals surface area contributed by atoms with E-state index in [4.69, 9.17) is 5.73 Å². The molecule has 0 aliphatic rings. The van der Waals surface area contributed by atoms with Crippen LogP contribution in [-0.2, 0) is 0 Å². The van der Waals surface area contributed by atoms with Gasteiger partial charge in [-0.3, -0.25) is 0 Å². The van der Waals surface area contributed by atoms with E-state index in [0.29, 0.717) is 0 Å². The van der Waals surface area contributed by atoms with Crippen LogP contribution in [0.5, 0.6) is 0 Å². The van der Waals surface area contributed by atoms with Crippen molar-refractivity contribution in [3.63, 3.8) is 0 Å². The predicted molar refractivity (Wildman–Crippen MR) is 51.1 cm³/mol. The van der Waals surface area contributed by atoms with Gasteiger partial charge >= 0.3 is 0 Å². The number of aryl methyl sites for hydroxylation is 1. The zero-order valence-corrected chi connectivity index (χ0v) is 8.14. The van der Waals surface area contributed by atoms with Crippen LogP contribution in [0.25, 0.3) is 0 Å². The van der Waals surface area contributed by atoms with Gasteiger partial charge in [0.05, 0.1) is 0 Å². The van der Waals surface area contributed by atoms with Crippen molar-refractivity contribution in [2.24, 2.45) is 5.73 Å². The van der Waals surface area contributed by atoms with Crippen LogP contribution in [0.15, 0.2) is 17.4 Å². The topological polar surface area (TPSA) is 51.8 Å². The van der Waals surface area contributed by atoms with E-state index in [9.17, 15) is 0 Å². The Morgan fingerprint density at radius 1 is 1.67 bits per heavy atom. The molecule has 0 aliphatic carbocycles. The molecule has 2 N–H and O–H groups in total. The van der Waals surface area contributed by atoms with Crippen LogP contribution in [0.2, 0.25) is 0 Å². The summed E-state index contributed by atoms with van der Waals surface area (Å²) in [5.74, 6) is 0.865. The highest BCUT2D eigenvalue weighted by molar-refractivity contribution is 7.99. The Balaban J connectivity index is 2.52. The van der Waals surface area contributed by atoms with E-state index in [1.807, 2.05) is 19.9 Å². The van der Waals surface area contributed by atoms with Gasteiger partial charge in [0.2, 0.25) is 0 Å². The second-order valence-corrected chi connectivity index (χ2v) is 3.76. The molecule has 0 saturated heterocycles. The zero-order chi connectivity index (χ0) is 8.97. The Labute approximate surface area is 76.8 Å². The average Bonchev–Trinajstić information content (AvgIpc) is 2.01. The highest BCUT2D eigenvalue weighted by Crippen LogP contribution is 2.12. The summed E-state index contributed by atoms with van der Waals surface area (Å²) in [6.45, 7) is 3.93. The summed E-state index contributed by atoms with van der Waals surface area (Å²) in [5.41, 5.74) is 6.60. The lowest BCUT2D eigenvalue weighted by molar-refractivity contribution is 0.840. The third kappa shape index (κ3) is 3.19. The van der Waals surface area contributed by atoms with Gasteiger partial charge in [0.25, 0.3) is 0 Å². The van der Waals surface area contributed by atoms with Crippen LogP contribution < -0.4 is 5.73 Å². The van der Waals surface area contributed by atoms with Crippen LogP contribution in [-0.4, -0.2) is 21.8 Å². The molecule has 1 rings (SSSR count). The summed E-state index contributed by atoms with van der Waals surface area (Å²) < 4.78 is 0. The van der Waals surface area contributed by atoms with E-state index in [-0.39, 0.29) is 6.04 Å². The number of hydrogen-bond donors (Lipinski definition) is 1. The van der Waals surface area contributed by atoms with Gasteiger partial charge in [0, 0.05) is 23.7 Å². The average molecular weight is 183 g/mol. The Bertz CT molecular complexity index is 250. The summed E-state index contributed by atoms with van der Waals surface area (Å²) in [7, 11) is 0. The molecule has 12 heavy (non-hydrogen) atoms. The van der Waals surface area contributed by atoms with Crippen LogP contribution in [0.4, 0.5) is 0 Å². The van der Waals surface area contributed by atoms with E-state index in [0.717, 1.165) is 16.6 Å². The number of aromatic nitrogens is 2. The number of thioether (sulfide) groups is 1. The van der Waals surface area contributed by atoms with Gasteiger partial charge in [-0.05, 0) is 19.9 Å². The lowest BCUT2D eigenvalue weighted by atomic mass is 10.4. The second-order valence-electron chi connectivity index (χ2n) is 2.77. The molecule has 4 heteroatoms. The maximum absolute atomic E-state index is 5.60. The number of nitrogens with two attached hydrogens (primary N) is 1. The van der Waals surface area contributed by atoms with Crippen molar-refractivity contribution in [1.29, 1.82) is 0 Å². The third-order valence-corrected chi connectivity index (χ3v) is 2.40. The summed E-state index contributed by atoms with van der Waals surface area (Å²) >= 11 is 1.60. The van der Waals surface area contributed by atoms with Crippen molar-refractivity contribution in [1.82, 2.24) is 9.97 Å². The van der Waals surface area contributed by atoms with E-state index in [1.165, 1.54) is 0 Å². The summed E-state index contributed by atoms with van der Waals surface area (Å²) in [5, 5.41) is 0.812. The maximum Gasteiger partial charge on any atom is 0.187 e. The maximum atomic E-state index is 5.60. The van der Waals surface area contributed by atoms with Crippen molar-refractivity contribution in [3.8, 4) is 0 Å². The first-order valence-electron chi connectivity index (χ1n) is 3.86. The smallest absolute Gasteiger partial charge is 0.187 e. The zero-order valence-electron chi connectivity index (χ0n) is 7.32. The lowest BCUT2D eigenvalue weighted by Crippen LogP contribution is -2.17. The minimum Gasteiger partial charge on any atom is -0.327 e. The monoisotopic (exact) mass is 183 g/mol. The van der Waals surface area contributed by atoms with E-state index in [2.05, 4.69) is 9.97 Å². The molecule has 1 aromatic heterocycles. The molecular weight excluding hydrogens is 170 g/mol. The molecule has 0 radical (unpaired) electrons. The van der Waals surface area contributed by atoms with Crippen molar-refractivity contribution in [3.05, 3.63) is 18.0 Å². The molecule has 3 nitrogen and oxygen atoms in total. The second kappa shape index (κ2) is 4.42. The molecule has 0 aromatic carbocycles. The molecule has 0 saturated carbocycles. The van der Waals surface area contributed by atoms with Gasteiger partial charge in [-0.25, -0.2) is 9.97 Å². The number of nitrogens with zero attached hydrogens (tertiary/aromatic N) is 2. The first-order chi connectivity index (χ1) is 5.68. The van der Waals surface area contributed by atoms with Gasteiger partial charge in [-0.15, -0.1) is 0 Å².